The van der Waals surface area contributed by atoms with Crippen molar-refractivity contribution in [1.82, 2.24) is 9.55 Å². The molecule has 2 unspecified atom stereocenters. The molecule has 1 fully saturated rings. The Kier molecular flexibility index (Phi) is 2.72. The van der Waals surface area contributed by atoms with Crippen molar-refractivity contribution in [2.45, 2.75) is 25.4 Å². The molecule has 1 saturated carbocycles. The first kappa shape index (κ1) is 9.52. The summed E-state index contributed by atoms with van der Waals surface area (Å²) in [5.41, 5.74) is 0. The third kappa shape index (κ3) is 2.07. The monoisotopic (exact) mass is 195 g/mol. The molecule has 1 aromatic rings. The maximum absolute atomic E-state index is 9.36. The number of nitrogens with zero attached hydrogens (tertiary/aromatic N) is 2. The third-order valence-corrected chi connectivity index (χ3v) is 2.88. The van der Waals surface area contributed by atoms with E-state index in [1.807, 2.05) is 17.8 Å². The maximum Gasteiger partial charge on any atom is 0.202 e. The molecule has 2 atom stereocenters. The van der Waals surface area contributed by atoms with Crippen LogP contribution in [0, 0.1) is 5.92 Å². The van der Waals surface area contributed by atoms with E-state index in [2.05, 4.69) is 10.3 Å². The minimum absolute atomic E-state index is 0.0804. The third-order valence-electron chi connectivity index (χ3n) is 2.88. The molecule has 0 bridgehead atoms. The lowest BCUT2D eigenvalue weighted by molar-refractivity contribution is 0.178. The highest BCUT2D eigenvalue weighted by Crippen LogP contribution is 2.25. The summed E-state index contributed by atoms with van der Waals surface area (Å²) in [4.78, 5) is 4.19. The van der Waals surface area contributed by atoms with E-state index in [-0.39, 0.29) is 6.10 Å². The van der Waals surface area contributed by atoms with Crippen molar-refractivity contribution >= 4 is 5.95 Å². The zero-order chi connectivity index (χ0) is 9.97. The first-order chi connectivity index (χ1) is 6.75. The van der Waals surface area contributed by atoms with Gasteiger partial charge in [0, 0.05) is 26.0 Å². The van der Waals surface area contributed by atoms with Crippen LogP contribution in [0.3, 0.4) is 0 Å². The molecule has 14 heavy (non-hydrogen) atoms. The zero-order valence-electron chi connectivity index (χ0n) is 8.48. The van der Waals surface area contributed by atoms with Gasteiger partial charge in [-0.2, -0.15) is 0 Å². The van der Waals surface area contributed by atoms with E-state index in [0.717, 1.165) is 31.8 Å². The lowest BCUT2D eigenvalue weighted by Crippen LogP contribution is -2.14. The van der Waals surface area contributed by atoms with Crippen molar-refractivity contribution in [2.24, 2.45) is 13.0 Å². The SMILES string of the molecule is Cn1ccnc1NCC1CCC(O)C1. The number of rotatable bonds is 3. The van der Waals surface area contributed by atoms with Crippen molar-refractivity contribution in [1.29, 1.82) is 0 Å². The molecular weight excluding hydrogens is 178 g/mol. The van der Waals surface area contributed by atoms with Gasteiger partial charge in [-0.05, 0) is 25.2 Å². The maximum atomic E-state index is 9.36. The molecule has 0 aliphatic heterocycles. The highest BCUT2D eigenvalue weighted by atomic mass is 16.3. The molecule has 0 radical (unpaired) electrons. The first-order valence-electron chi connectivity index (χ1n) is 5.15. The van der Waals surface area contributed by atoms with Crippen molar-refractivity contribution in [3.63, 3.8) is 0 Å². The summed E-state index contributed by atoms with van der Waals surface area (Å²) in [5, 5.41) is 12.7. The fraction of sp³-hybridized carbons (Fsp3) is 0.700. The Morgan fingerprint density at radius 2 is 2.50 bits per heavy atom. The molecule has 0 amide bonds. The second-order valence-electron chi connectivity index (χ2n) is 4.08. The summed E-state index contributed by atoms with van der Waals surface area (Å²) in [6, 6.07) is 0. The number of nitrogens with one attached hydrogen (secondary N) is 1. The Labute approximate surface area is 84.0 Å². The number of aromatic nitrogens is 2. The van der Waals surface area contributed by atoms with Crippen LogP contribution in [0.4, 0.5) is 5.95 Å². The van der Waals surface area contributed by atoms with Gasteiger partial charge in [-0.1, -0.05) is 0 Å². The molecular formula is C10H17N3O. The average Bonchev–Trinajstić information content (AvgIpc) is 2.72. The van der Waals surface area contributed by atoms with E-state index in [9.17, 15) is 5.11 Å². The van der Waals surface area contributed by atoms with Gasteiger partial charge < -0.3 is 15.0 Å². The van der Waals surface area contributed by atoms with Crippen molar-refractivity contribution < 1.29 is 5.11 Å². The van der Waals surface area contributed by atoms with Crippen molar-refractivity contribution in [2.75, 3.05) is 11.9 Å². The fourth-order valence-corrected chi connectivity index (χ4v) is 2.01. The normalized spacial score (nSPS) is 26.7. The van der Waals surface area contributed by atoms with E-state index < -0.39 is 0 Å². The van der Waals surface area contributed by atoms with Gasteiger partial charge in [-0.25, -0.2) is 4.98 Å². The van der Waals surface area contributed by atoms with E-state index in [1.54, 1.807) is 6.20 Å². The van der Waals surface area contributed by atoms with Crippen LogP contribution in [0.15, 0.2) is 12.4 Å². The van der Waals surface area contributed by atoms with Crippen LogP contribution in [0.2, 0.25) is 0 Å². The van der Waals surface area contributed by atoms with Gasteiger partial charge in [0.2, 0.25) is 5.95 Å². The molecule has 2 rings (SSSR count). The molecule has 0 saturated heterocycles. The van der Waals surface area contributed by atoms with Gasteiger partial charge in [0.05, 0.1) is 6.10 Å². The summed E-state index contributed by atoms with van der Waals surface area (Å²) in [6.07, 6.45) is 6.63. The Morgan fingerprint density at radius 1 is 1.64 bits per heavy atom. The predicted molar refractivity (Wildman–Crippen MR) is 55.0 cm³/mol. The molecule has 4 nitrogen and oxygen atoms in total. The van der Waals surface area contributed by atoms with Crippen LogP contribution < -0.4 is 5.32 Å². The molecule has 0 spiro atoms. The van der Waals surface area contributed by atoms with Gasteiger partial charge in [0.25, 0.3) is 0 Å². The van der Waals surface area contributed by atoms with Crippen LogP contribution in [0.1, 0.15) is 19.3 Å². The van der Waals surface area contributed by atoms with Crippen LogP contribution >= 0.6 is 0 Å². The Balaban J connectivity index is 1.80. The second kappa shape index (κ2) is 4.00. The summed E-state index contributed by atoms with van der Waals surface area (Å²) in [7, 11) is 1.97. The number of anilines is 1. The highest BCUT2D eigenvalue weighted by molar-refractivity contribution is 5.25. The topological polar surface area (TPSA) is 50.1 Å². The van der Waals surface area contributed by atoms with Gasteiger partial charge in [-0.15, -0.1) is 0 Å². The van der Waals surface area contributed by atoms with E-state index in [1.165, 1.54) is 0 Å². The molecule has 4 heteroatoms. The number of hydrogen-bond donors (Lipinski definition) is 2. The van der Waals surface area contributed by atoms with Crippen molar-refractivity contribution in [3.05, 3.63) is 12.4 Å². The average molecular weight is 195 g/mol. The first-order valence-corrected chi connectivity index (χ1v) is 5.15. The summed E-state index contributed by atoms with van der Waals surface area (Å²) in [5.74, 6) is 1.51. The lowest BCUT2D eigenvalue weighted by atomic mass is 10.1. The largest absolute Gasteiger partial charge is 0.393 e. The number of aryl methyl sites for hydroxylation is 1. The number of hydrogen-bond acceptors (Lipinski definition) is 3. The number of aliphatic hydroxyl groups is 1. The van der Waals surface area contributed by atoms with Crippen LogP contribution in [-0.4, -0.2) is 27.3 Å². The minimum atomic E-state index is -0.0804. The quantitative estimate of drug-likeness (QED) is 0.756. The van der Waals surface area contributed by atoms with Gasteiger partial charge in [-0.3, -0.25) is 0 Å². The molecule has 78 valence electrons. The molecule has 0 aromatic carbocycles. The van der Waals surface area contributed by atoms with Crippen LogP contribution in [0.5, 0.6) is 0 Å². The molecule has 1 aromatic heterocycles. The highest BCUT2D eigenvalue weighted by Gasteiger charge is 2.22. The summed E-state index contributed by atoms with van der Waals surface area (Å²) in [6.45, 7) is 0.919. The van der Waals surface area contributed by atoms with Gasteiger partial charge >= 0.3 is 0 Å². The molecule has 2 N–H and O–H groups in total. The second-order valence-corrected chi connectivity index (χ2v) is 4.08. The summed E-state index contributed by atoms with van der Waals surface area (Å²) >= 11 is 0. The Morgan fingerprint density at radius 3 is 3.07 bits per heavy atom. The van der Waals surface area contributed by atoms with E-state index in [4.69, 9.17) is 0 Å². The predicted octanol–water partition coefficient (Wildman–Crippen LogP) is 0.993. The minimum Gasteiger partial charge on any atom is -0.393 e. The van der Waals surface area contributed by atoms with Gasteiger partial charge in [0.1, 0.15) is 0 Å². The van der Waals surface area contributed by atoms with Crippen LogP contribution in [0.25, 0.3) is 0 Å². The molecule has 1 aliphatic rings. The Bertz CT molecular complexity index is 297. The zero-order valence-corrected chi connectivity index (χ0v) is 8.48. The fourth-order valence-electron chi connectivity index (χ4n) is 2.01. The molecule has 1 heterocycles. The smallest absolute Gasteiger partial charge is 0.202 e. The Hall–Kier alpha value is -1.03. The number of aliphatic hydroxyl groups excluding tert-OH is 1. The number of imidazole rings is 1. The molecule has 1 aliphatic carbocycles. The lowest BCUT2D eigenvalue weighted by Gasteiger charge is -2.11. The van der Waals surface area contributed by atoms with E-state index >= 15 is 0 Å². The standard InChI is InChI=1S/C10H17N3O/c1-13-5-4-11-10(13)12-7-8-2-3-9(14)6-8/h4-5,8-9,14H,2-3,6-7H2,1H3,(H,11,12). The van der Waals surface area contributed by atoms with Crippen LogP contribution in [-0.2, 0) is 7.05 Å². The van der Waals surface area contributed by atoms with Gasteiger partial charge in [0.15, 0.2) is 0 Å². The summed E-state index contributed by atoms with van der Waals surface area (Å²) < 4.78 is 1.96. The van der Waals surface area contributed by atoms with E-state index in [0.29, 0.717) is 5.92 Å². The van der Waals surface area contributed by atoms with Crippen molar-refractivity contribution in [3.8, 4) is 0 Å².